The van der Waals surface area contributed by atoms with Crippen LogP contribution in [0.2, 0.25) is 0 Å². The quantitative estimate of drug-likeness (QED) is 0.766. The van der Waals surface area contributed by atoms with Crippen molar-refractivity contribution in [3.63, 3.8) is 0 Å². The van der Waals surface area contributed by atoms with E-state index in [0.29, 0.717) is 0 Å². The molecular weight excluding hydrogens is 326 g/mol. The molecule has 1 N–H and O–H groups in total. The number of hydrogen-bond donors (Lipinski definition) is 1. The summed E-state index contributed by atoms with van der Waals surface area (Å²) in [4.78, 5) is 7.06. The average molecular weight is 351 g/mol. The van der Waals surface area contributed by atoms with Crippen LogP contribution < -0.4 is 5.32 Å². The third kappa shape index (κ3) is 3.18. The molecular formula is C20H25N5O. The summed E-state index contributed by atoms with van der Waals surface area (Å²) in [5, 5.41) is 8.08. The van der Waals surface area contributed by atoms with Crippen molar-refractivity contribution in [2.75, 3.05) is 39.2 Å². The Labute approximate surface area is 153 Å². The van der Waals surface area contributed by atoms with Gasteiger partial charge in [-0.15, -0.1) is 0 Å². The van der Waals surface area contributed by atoms with E-state index in [9.17, 15) is 0 Å². The fraction of sp³-hybridized carbons (Fsp3) is 0.400. The highest BCUT2D eigenvalue weighted by Gasteiger charge is 2.34. The minimum absolute atomic E-state index is 0.0912. The number of aromatic nitrogens is 3. The van der Waals surface area contributed by atoms with Crippen LogP contribution >= 0.6 is 0 Å². The first-order valence-electron chi connectivity index (χ1n) is 9.07. The molecule has 3 heterocycles. The molecule has 1 aliphatic rings. The summed E-state index contributed by atoms with van der Waals surface area (Å²) in [6.07, 6.45) is 3.83. The fourth-order valence-electron chi connectivity index (χ4n) is 3.58. The Morgan fingerprint density at radius 3 is 2.65 bits per heavy atom. The van der Waals surface area contributed by atoms with Gasteiger partial charge in [0.25, 0.3) is 0 Å². The van der Waals surface area contributed by atoms with E-state index in [0.717, 1.165) is 55.3 Å². The third-order valence-corrected chi connectivity index (χ3v) is 5.40. The molecule has 0 saturated carbocycles. The molecule has 0 spiro atoms. The van der Waals surface area contributed by atoms with Gasteiger partial charge in [0.05, 0.1) is 11.9 Å². The summed E-state index contributed by atoms with van der Waals surface area (Å²) < 4.78 is 7.45. The third-order valence-electron chi connectivity index (χ3n) is 5.40. The largest absolute Gasteiger partial charge is 0.381 e. The zero-order valence-corrected chi connectivity index (χ0v) is 15.4. The lowest BCUT2D eigenvalue weighted by Crippen LogP contribution is -2.53. The van der Waals surface area contributed by atoms with Crippen molar-refractivity contribution in [2.24, 2.45) is 0 Å². The van der Waals surface area contributed by atoms with Crippen molar-refractivity contribution in [3.05, 3.63) is 48.7 Å². The van der Waals surface area contributed by atoms with Gasteiger partial charge in [-0.05, 0) is 26.9 Å². The summed E-state index contributed by atoms with van der Waals surface area (Å²) in [6.45, 7) is 2.46. The van der Waals surface area contributed by atoms with Gasteiger partial charge in [-0.1, -0.05) is 30.3 Å². The van der Waals surface area contributed by atoms with Gasteiger partial charge in [0, 0.05) is 43.0 Å². The van der Waals surface area contributed by atoms with Crippen LogP contribution in [0.15, 0.2) is 48.7 Å². The molecule has 1 saturated heterocycles. The molecule has 2 aromatic heterocycles. The van der Waals surface area contributed by atoms with E-state index in [1.165, 1.54) is 0 Å². The molecule has 1 aromatic carbocycles. The predicted molar refractivity (Wildman–Crippen MR) is 103 cm³/mol. The molecule has 136 valence electrons. The Morgan fingerprint density at radius 1 is 1.15 bits per heavy atom. The maximum absolute atomic E-state index is 5.58. The van der Waals surface area contributed by atoms with Crippen molar-refractivity contribution < 1.29 is 4.74 Å². The first kappa shape index (κ1) is 17.0. The van der Waals surface area contributed by atoms with Crippen LogP contribution in [0.25, 0.3) is 16.9 Å². The lowest BCUT2D eigenvalue weighted by molar-refractivity contribution is -0.000680. The Morgan fingerprint density at radius 2 is 1.92 bits per heavy atom. The molecule has 1 fully saturated rings. The summed E-state index contributed by atoms with van der Waals surface area (Å²) in [5.41, 5.74) is 2.99. The molecule has 6 heteroatoms. The van der Waals surface area contributed by atoms with Crippen LogP contribution in [-0.2, 0) is 4.74 Å². The molecule has 0 bridgehead atoms. The van der Waals surface area contributed by atoms with E-state index in [4.69, 9.17) is 9.72 Å². The van der Waals surface area contributed by atoms with E-state index in [-0.39, 0.29) is 5.54 Å². The second kappa shape index (κ2) is 7.05. The molecule has 26 heavy (non-hydrogen) atoms. The average Bonchev–Trinajstić information content (AvgIpc) is 3.16. The predicted octanol–water partition coefficient (Wildman–Crippen LogP) is 2.92. The van der Waals surface area contributed by atoms with Gasteiger partial charge in [-0.25, -0.2) is 4.98 Å². The highest BCUT2D eigenvalue weighted by Crippen LogP contribution is 2.28. The molecule has 0 atom stereocenters. The van der Waals surface area contributed by atoms with E-state index in [1.807, 2.05) is 28.8 Å². The van der Waals surface area contributed by atoms with Gasteiger partial charge in [0.15, 0.2) is 5.65 Å². The maximum Gasteiger partial charge on any atom is 0.157 e. The minimum atomic E-state index is 0.0912. The first-order valence-corrected chi connectivity index (χ1v) is 9.07. The number of hydrogen-bond acceptors (Lipinski definition) is 5. The van der Waals surface area contributed by atoms with E-state index in [2.05, 4.69) is 47.6 Å². The number of fused-ring (bicyclic) bond motifs is 1. The molecule has 6 nitrogen and oxygen atoms in total. The van der Waals surface area contributed by atoms with Crippen molar-refractivity contribution in [2.45, 2.75) is 18.4 Å². The van der Waals surface area contributed by atoms with Gasteiger partial charge in [0.2, 0.25) is 0 Å². The number of anilines is 1. The Kier molecular flexibility index (Phi) is 4.61. The number of nitrogens with one attached hydrogen (secondary N) is 1. The topological polar surface area (TPSA) is 54.7 Å². The number of likely N-dealkylation sites (N-methyl/N-ethyl adjacent to an activating group) is 1. The molecule has 0 aliphatic carbocycles. The first-order chi connectivity index (χ1) is 12.7. The maximum atomic E-state index is 5.58. The summed E-state index contributed by atoms with van der Waals surface area (Å²) >= 11 is 0. The van der Waals surface area contributed by atoms with Crippen LogP contribution in [0.4, 0.5) is 5.82 Å². The van der Waals surface area contributed by atoms with Gasteiger partial charge in [0.1, 0.15) is 5.82 Å². The molecule has 0 amide bonds. The summed E-state index contributed by atoms with van der Waals surface area (Å²) in [5.74, 6) is 0.964. The lowest BCUT2D eigenvalue weighted by atomic mass is 9.88. The van der Waals surface area contributed by atoms with Gasteiger partial charge in [-0.2, -0.15) is 9.61 Å². The Bertz CT molecular complexity index is 868. The number of ether oxygens (including phenoxy) is 1. The van der Waals surface area contributed by atoms with Crippen LogP contribution in [0.5, 0.6) is 0 Å². The van der Waals surface area contributed by atoms with Gasteiger partial charge in [-0.3, -0.25) is 0 Å². The lowest BCUT2D eigenvalue weighted by Gasteiger charge is -2.43. The second-order valence-corrected chi connectivity index (χ2v) is 7.08. The standard InChI is InChI=1S/C20H25N5O/c1-24(2)20(9-12-26-13-10-20)15-21-19-14-17(16-6-4-3-5-7-16)23-18-8-11-22-25(18)19/h3-8,11,14,21H,9-10,12-13,15H2,1-2H3. The molecule has 4 rings (SSSR count). The summed E-state index contributed by atoms with van der Waals surface area (Å²) in [7, 11) is 4.30. The minimum Gasteiger partial charge on any atom is -0.381 e. The SMILES string of the molecule is CN(C)C1(CNc2cc(-c3ccccc3)nc3ccnn23)CCOCC1. The highest BCUT2D eigenvalue weighted by molar-refractivity contribution is 5.66. The van der Waals surface area contributed by atoms with Gasteiger partial charge >= 0.3 is 0 Å². The highest BCUT2D eigenvalue weighted by atomic mass is 16.5. The molecule has 1 aliphatic heterocycles. The Balaban J connectivity index is 1.66. The van der Waals surface area contributed by atoms with E-state index in [1.54, 1.807) is 6.20 Å². The van der Waals surface area contributed by atoms with Crippen molar-refractivity contribution in [1.82, 2.24) is 19.5 Å². The summed E-state index contributed by atoms with van der Waals surface area (Å²) in [6, 6.07) is 14.3. The second-order valence-electron chi connectivity index (χ2n) is 7.08. The Hall–Kier alpha value is -2.44. The zero-order valence-electron chi connectivity index (χ0n) is 15.4. The van der Waals surface area contributed by atoms with Crippen molar-refractivity contribution >= 4 is 11.5 Å². The van der Waals surface area contributed by atoms with Crippen LogP contribution in [0.3, 0.4) is 0 Å². The fourth-order valence-corrected chi connectivity index (χ4v) is 3.58. The van der Waals surface area contributed by atoms with Gasteiger partial charge < -0.3 is 15.0 Å². The van der Waals surface area contributed by atoms with E-state index < -0.39 is 0 Å². The van der Waals surface area contributed by atoms with Crippen LogP contribution in [-0.4, -0.2) is 58.9 Å². The van der Waals surface area contributed by atoms with E-state index >= 15 is 0 Å². The normalized spacial score (nSPS) is 16.9. The number of rotatable bonds is 5. The van der Waals surface area contributed by atoms with Crippen LogP contribution in [0.1, 0.15) is 12.8 Å². The molecule has 3 aromatic rings. The van der Waals surface area contributed by atoms with Crippen LogP contribution in [0, 0.1) is 0 Å². The zero-order chi connectivity index (χ0) is 18.0. The monoisotopic (exact) mass is 351 g/mol. The molecule has 0 unspecified atom stereocenters. The van der Waals surface area contributed by atoms with Crippen molar-refractivity contribution in [3.8, 4) is 11.3 Å². The smallest absolute Gasteiger partial charge is 0.157 e. The number of nitrogens with zero attached hydrogens (tertiary/aromatic N) is 4. The van der Waals surface area contributed by atoms with Crippen molar-refractivity contribution in [1.29, 1.82) is 0 Å². The molecule has 0 radical (unpaired) electrons. The number of benzene rings is 1.